The van der Waals surface area contributed by atoms with Gasteiger partial charge in [0.05, 0.1) is 0 Å². The monoisotopic (exact) mass is 442 g/mol. The number of aromatic hydroxyl groups is 2. The van der Waals surface area contributed by atoms with Crippen LogP contribution in [0.15, 0.2) is 48.5 Å². The van der Waals surface area contributed by atoms with Crippen LogP contribution in [-0.4, -0.2) is 10.2 Å². The average molecular weight is 443 g/mol. The number of benzene rings is 3. The first kappa shape index (κ1) is 23.4. The van der Waals surface area contributed by atoms with Crippen molar-refractivity contribution in [1.82, 2.24) is 0 Å². The Balaban J connectivity index is 1.80. The fraction of sp³-hybridized carbons (Fsp3) is 0.419. The summed E-state index contributed by atoms with van der Waals surface area (Å²) in [5.41, 5.74) is 9.18. The SMILES string of the molecule is Cc1cc(C2(c3cc(C)c(O)c(C)c3)CCC(c3ccccc3C(C)C)CC2)cc(C)c1O. The van der Waals surface area contributed by atoms with Crippen molar-refractivity contribution in [3.05, 3.63) is 93.0 Å². The Labute approximate surface area is 199 Å². The summed E-state index contributed by atoms with van der Waals surface area (Å²) in [6, 6.07) is 17.7. The average Bonchev–Trinajstić information content (AvgIpc) is 2.80. The molecule has 2 nitrogen and oxygen atoms in total. The van der Waals surface area contributed by atoms with Gasteiger partial charge in [0, 0.05) is 5.41 Å². The smallest absolute Gasteiger partial charge is 0.121 e. The number of hydrogen-bond donors (Lipinski definition) is 2. The molecule has 0 atom stereocenters. The van der Waals surface area contributed by atoms with E-state index >= 15 is 0 Å². The summed E-state index contributed by atoms with van der Waals surface area (Å²) in [7, 11) is 0. The molecular formula is C31H38O2. The van der Waals surface area contributed by atoms with Gasteiger partial charge >= 0.3 is 0 Å². The summed E-state index contributed by atoms with van der Waals surface area (Å²) in [4.78, 5) is 0. The summed E-state index contributed by atoms with van der Waals surface area (Å²) in [5.74, 6) is 1.88. The molecule has 0 amide bonds. The second-order valence-electron chi connectivity index (χ2n) is 10.6. The molecule has 3 aromatic carbocycles. The maximum absolute atomic E-state index is 10.4. The van der Waals surface area contributed by atoms with E-state index in [0.29, 0.717) is 23.3 Å². The van der Waals surface area contributed by atoms with Gasteiger partial charge in [-0.1, -0.05) is 62.4 Å². The van der Waals surface area contributed by atoms with Gasteiger partial charge < -0.3 is 10.2 Å². The van der Waals surface area contributed by atoms with Gasteiger partial charge in [-0.05, 0) is 110 Å². The Morgan fingerprint density at radius 3 is 1.58 bits per heavy atom. The summed E-state index contributed by atoms with van der Waals surface area (Å²) < 4.78 is 0. The Bertz CT molecular complexity index is 1060. The molecule has 0 bridgehead atoms. The molecule has 1 aliphatic carbocycles. The highest BCUT2D eigenvalue weighted by Crippen LogP contribution is 2.51. The van der Waals surface area contributed by atoms with Gasteiger partial charge in [0.25, 0.3) is 0 Å². The van der Waals surface area contributed by atoms with Crippen molar-refractivity contribution in [3.8, 4) is 11.5 Å². The molecule has 1 saturated carbocycles. The highest BCUT2D eigenvalue weighted by atomic mass is 16.3. The predicted molar refractivity (Wildman–Crippen MR) is 138 cm³/mol. The Morgan fingerprint density at radius 2 is 1.15 bits per heavy atom. The van der Waals surface area contributed by atoms with Crippen LogP contribution in [0.25, 0.3) is 0 Å². The summed E-state index contributed by atoms with van der Waals surface area (Å²) in [5, 5.41) is 20.9. The zero-order valence-electron chi connectivity index (χ0n) is 21.0. The van der Waals surface area contributed by atoms with E-state index in [1.807, 2.05) is 27.7 Å². The van der Waals surface area contributed by atoms with E-state index in [0.717, 1.165) is 47.9 Å². The third kappa shape index (κ3) is 4.16. The van der Waals surface area contributed by atoms with E-state index in [1.54, 1.807) is 0 Å². The van der Waals surface area contributed by atoms with E-state index in [4.69, 9.17) is 0 Å². The third-order valence-corrected chi connectivity index (χ3v) is 7.98. The lowest BCUT2D eigenvalue weighted by Crippen LogP contribution is -2.33. The van der Waals surface area contributed by atoms with Gasteiger partial charge in [-0.25, -0.2) is 0 Å². The van der Waals surface area contributed by atoms with E-state index in [2.05, 4.69) is 62.4 Å². The molecule has 0 unspecified atom stereocenters. The molecule has 0 saturated heterocycles. The molecule has 174 valence electrons. The number of phenolic OH excluding ortho intramolecular Hbond substituents is 2. The van der Waals surface area contributed by atoms with Crippen molar-refractivity contribution in [3.63, 3.8) is 0 Å². The van der Waals surface area contributed by atoms with Crippen LogP contribution < -0.4 is 0 Å². The zero-order valence-corrected chi connectivity index (χ0v) is 21.0. The number of aryl methyl sites for hydroxylation is 4. The summed E-state index contributed by atoms with van der Waals surface area (Å²) in [6.07, 6.45) is 4.36. The van der Waals surface area contributed by atoms with E-state index < -0.39 is 0 Å². The molecule has 0 aromatic heterocycles. The number of hydrogen-bond acceptors (Lipinski definition) is 2. The largest absolute Gasteiger partial charge is 0.507 e. The minimum absolute atomic E-state index is 0.115. The molecule has 4 rings (SSSR count). The zero-order chi connectivity index (χ0) is 23.9. The van der Waals surface area contributed by atoms with Crippen LogP contribution >= 0.6 is 0 Å². The molecule has 1 aliphatic rings. The molecule has 0 spiro atoms. The van der Waals surface area contributed by atoms with Gasteiger partial charge in [-0.3, -0.25) is 0 Å². The van der Waals surface area contributed by atoms with Crippen LogP contribution in [0, 0.1) is 27.7 Å². The molecule has 0 heterocycles. The summed E-state index contributed by atoms with van der Waals surface area (Å²) in [6.45, 7) is 12.6. The number of phenols is 2. The molecule has 2 N–H and O–H groups in total. The normalized spacial score (nSPS) is 16.3. The molecule has 3 aromatic rings. The van der Waals surface area contributed by atoms with Crippen LogP contribution in [0.1, 0.15) is 95.9 Å². The van der Waals surface area contributed by atoms with Gasteiger partial charge in [0.1, 0.15) is 11.5 Å². The Hall–Kier alpha value is -2.74. The van der Waals surface area contributed by atoms with Crippen molar-refractivity contribution in [1.29, 1.82) is 0 Å². The first-order chi connectivity index (χ1) is 15.6. The lowest BCUT2D eigenvalue weighted by molar-refractivity contribution is 0.312. The van der Waals surface area contributed by atoms with Crippen molar-refractivity contribution in [2.45, 2.75) is 84.5 Å². The molecule has 0 aliphatic heterocycles. The van der Waals surface area contributed by atoms with Crippen LogP contribution in [0.4, 0.5) is 0 Å². The molecule has 2 heteroatoms. The van der Waals surface area contributed by atoms with Gasteiger partial charge in [0.2, 0.25) is 0 Å². The molecule has 1 fully saturated rings. The Kier molecular flexibility index (Phi) is 6.31. The van der Waals surface area contributed by atoms with Gasteiger partial charge in [0.15, 0.2) is 0 Å². The molecule has 0 radical (unpaired) electrons. The highest BCUT2D eigenvalue weighted by Gasteiger charge is 2.40. The van der Waals surface area contributed by atoms with Gasteiger partial charge in [-0.15, -0.1) is 0 Å². The van der Waals surface area contributed by atoms with Crippen LogP contribution in [-0.2, 0) is 5.41 Å². The van der Waals surface area contributed by atoms with E-state index in [-0.39, 0.29) is 5.41 Å². The number of rotatable bonds is 4. The predicted octanol–water partition coefficient (Wildman–Crippen LogP) is 8.10. The molecular weight excluding hydrogens is 404 g/mol. The first-order valence-electron chi connectivity index (χ1n) is 12.3. The minimum atomic E-state index is -0.115. The second kappa shape index (κ2) is 8.89. The lowest BCUT2D eigenvalue weighted by atomic mass is 9.61. The topological polar surface area (TPSA) is 40.5 Å². The Morgan fingerprint density at radius 1 is 0.727 bits per heavy atom. The standard InChI is InChI=1S/C31H38O2/c1-19(2)27-9-7-8-10-28(27)24-11-13-31(14-12-24,25-15-20(3)29(32)21(4)16-25)26-17-22(5)30(33)23(6)18-26/h7-10,15-19,24,32-33H,11-14H2,1-6H3. The highest BCUT2D eigenvalue weighted by molar-refractivity contribution is 5.52. The maximum Gasteiger partial charge on any atom is 0.121 e. The quantitative estimate of drug-likeness (QED) is 0.428. The third-order valence-electron chi connectivity index (χ3n) is 7.98. The van der Waals surface area contributed by atoms with E-state index in [1.165, 1.54) is 22.3 Å². The molecule has 33 heavy (non-hydrogen) atoms. The van der Waals surface area contributed by atoms with Crippen molar-refractivity contribution in [2.75, 3.05) is 0 Å². The van der Waals surface area contributed by atoms with E-state index in [9.17, 15) is 10.2 Å². The lowest BCUT2D eigenvalue weighted by Gasteiger charge is -2.43. The van der Waals surface area contributed by atoms with Crippen molar-refractivity contribution >= 4 is 0 Å². The summed E-state index contributed by atoms with van der Waals surface area (Å²) >= 11 is 0. The fourth-order valence-electron chi connectivity index (χ4n) is 6.04. The fourth-order valence-corrected chi connectivity index (χ4v) is 6.04. The minimum Gasteiger partial charge on any atom is -0.507 e. The van der Waals surface area contributed by atoms with Crippen LogP contribution in [0.3, 0.4) is 0 Å². The van der Waals surface area contributed by atoms with Crippen molar-refractivity contribution in [2.24, 2.45) is 0 Å². The first-order valence-corrected chi connectivity index (χ1v) is 12.3. The van der Waals surface area contributed by atoms with Gasteiger partial charge in [-0.2, -0.15) is 0 Å². The van der Waals surface area contributed by atoms with Crippen molar-refractivity contribution < 1.29 is 10.2 Å². The second-order valence-corrected chi connectivity index (χ2v) is 10.6. The van der Waals surface area contributed by atoms with Crippen LogP contribution in [0.2, 0.25) is 0 Å². The van der Waals surface area contributed by atoms with Crippen LogP contribution in [0.5, 0.6) is 11.5 Å². The maximum atomic E-state index is 10.4.